The van der Waals surface area contributed by atoms with Gasteiger partial charge in [-0.05, 0) is 27.8 Å². The molecule has 44 heavy (non-hydrogen) atoms. The third kappa shape index (κ3) is 4.30. The van der Waals surface area contributed by atoms with E-state index in [0.717, 1.165) is 16.7 Å². The van der Waals surface area contributed by atoms with Crippen molar-refractivity contribution in [2.75, 3.05) is 0 Å². The molecule has 0 amide bonds. The van der Waals surface area contributed by atoms with Gasteiger partial charge in [0.2, 0.25) is 0 Å². The first-order chi connectivity index (χ1) is 21.6. The normalized spacial score (nSPS) is 13.0. The molecule has 0 radical (unpaired) electrons. The van der Waals surface area contributed by atoms with Crippen LogP contribution in [0.2, 0.25) is 0 Å². The number of nitrogens with zero attached hydrogens (tertiary/aromatic N) is 3. The van der Waals surface area contributed by atoms with Crippen molar-refractivity contribution in [1.82, 2.24) is 15.0 Å². The van der Waals surface area contributed by atoms with Crippen LogP contribution in [0.3, 0.4) is 0 Å². The second-order valence-electron chi connectivity index (χ2n) is 11.6. The number of rotatable bonds is 5. The van der Waals surface area contributed by atoms with Gasteiger partial charge >= 0.3 is 0 Å². The number of benzene rings is 5. The van der Waals surface area contributed by atoms with Crippen molar-refractivity contribution in [2.24, 2.45) is 0 Å². The Kier molecular flexibility index (Phi) is 6.32. The van der Waals surface area contributed by atoms with Gasteiger partial charge in [-0.1, -0.05) is 153 Å². The lowest BCUT2D eigenvalue weighted by molar-refractivity contribution is 0.664. The predicted octanol–water partition coefficient (Wildman–Crippen LogP) is 10.6. The Hall–Kier alpha value is -5.19. The third-order valence-corrected chi connectivity index (χ3v) is 9.82. The van der Waals surface area contributed by atoms with Crippen LogP contribution < -0.4 is 0 Å². The van der Waals surface area contributed by atoms with E-state index in [2.05, 4.69) is 117 Å². The van der Waals surface area contributed by atoms with Gasteiger partial charge in [0.15, 0.2) is 17.5 Å². The summed E-state index contributed by atoms with van der Waals surface area (Å²) in [6.07, 6.45) is 0. The number of fused-ring (bicyclic) bond motifs is 3. The van der Waals surface area contributed by atoms with Crippen LogP contribution in [0.25, 0.3) is 66.2 Å². The highest BCUT2D eigenvalue weighted by Gasteiger charge is 2.43. The summed E-state index contributed by atoms with van der Waals surface area (Å²) in [5.41, 5.74) is 10.4. The Balaban J connectivity index is 1.43. The monoisotopic (exact) mass is 583 g/mol. The summed E-state index contributed by atoms with van der Waals surface area (Å²) in [6.45, 7) is 4.71. The maximum absolute atomic E-state index is 5.15. The fraction of sp³-hybridized carbons (Fsp3) is 0.0750. The van der Waals surface area contributed by atoms with Crippen LogP contribution in [-0.2, 0) is 5.41 Å². The molecule has 2 aromatic heterocycles. The zero-order valence-electron chi connectivity index (χ0n) is 24.5. The Morgan fingerprint density at radius 2 is 0.886 bits per heavy atom. The van der Waals surface area contributed by atoms with Crippen molar-refractivity contribution in [3.8, 4) is 66.2 Å². The molecule has 3 nitrogen and oxygen atoms in total. The van der Waals surface area contributed by atoms with Gasteiger partial charge in [-0.25, -0.2) is 15.0 Å². The second-order valence-corrected chi connectivity index (χ2v) is 12.7. The lowest BCUT2D eigenvalue weighted by atomic mass is 9.81. The van der Waals surface area contributed by atoms with Gasteiger partial charge in [0.1, 0.15) is 0 Å². The van der Waals surface area contributed by atoms with Gasteiger partial charge < -0.3 is 0 Å². The van der Waals surface area contributed by atoms with Crippen LogP contribution >= 0.6 is 11.3 Å². The van der Waals surface area contributed by atoms with Crippen LogP contribution in [0.1, 0.15) is 25.0 Å². The highest BCUT2D eigenvalue weighted by Crippen LogP contribution is 2.61. The summed E-state index contributed by atoms with van der Waals surface area (Å²) in [5.74, 6) is 2.02. The van der Waals surface area contributed by atoms with Gasteiger partial charge in [0.25, 0.3) is 0 Å². The molecule has 1 aliphatic carbocycles. The fourth-order valence-corrected chi connectivity index (χ4v) is 7.92. The number of hydrogen-bond acceptors (Lipinski definition) is 4. The van der Waals surface area contributed by atoms with E-state index >= 15 is 0 Å². The van der Waals surface area contributed by atoms with Crippen molar-refractivity contribution in [1.29, 1.82) is 0 Å². The minimum Gasteiger partial charge on any atom is -0.208 e. The van der Waals surface area contributed by atoms with Gasteiger partial charge in [-0.3, -0.25) is 0 Å². The Bertz CT molecular complexity index is 2060. The molecule has 2 heterocycles. The van der Waals surface area contributed by atoms with Crippen LogP contribution in [-0.4, -0.2) is 15.0 Å². The molecule has 0 saturated carbocycles. The van der Waals surface area contributed by atoms with E-state index in [1.54, 1.807) is 0 Å². The standard InChI is InChI=1S/C40H29N3S/c1-40(2)31-25-15-24-30(39-42-37(28-20-11-5-12-21-28)41-38(43-39)29-22-13-6-14-23-29)32(31)33-34(40)36(27-18-9-4-10-19-27)44-35(33)26-16-7-3-8-17-26/h3-25H,1-2H3. The molecule has 0 N–H and O–H groups in total. The molecular formula is C40H29N3S. The Labute approximate surface area is 261 Å². The lowest BCUT2D eigenvalue weighted by Gasteiger charge is -2.23. The van der Waals surface area contributed by atoms with Crippen LogP contribution in [0.5, 0.6) is 0 Å². The summed E-state index contributed by atoms with van der Waals surface area (Å²) in [4.78, 5) is 17.8. The van der Waals surface area contributed by atoms with E-state index in [-0.39, 0.29) is 5.41 Å². The average Bonchev–Trinajstić information content (AvgIpc) is 3.61. The van der Waals surface area contributed by atoms with Crippen LogP contribution in [0.4, 0.5) is 0 Å². The summed E-state index contributed by atoms with van der Waals surface area (Å²) in [5, 5.41) is 0. The maximum atomic E-state index is 5.15. The van der Waals surface area contributed by atoms with Gasteiger partial charge in [0.05, 0.1) is 0 Å². The van der Waals surface area contributed by atoms with Crippen molar-refractivity contribution >= 4 is 11.3 Å². The van der Waals surface area contributed by atoms with E-state index in [1.807, 2.05) is 47.7 Å². The Morgan fingerprint density at radius 3 is 1.41 bits per heavy atom. The van der Waals surface area contributed by atoms with Crippen LogP contribution in [0, 0.1) is 0 Å². The molecule has 0 spiro atoms. The predicted molar refractivity (Wildman–Crippen MR) is 182 cm³/mol. The van der Waals surface area contributed by atoms with E-state index in [0.29, 0.717) is 17.5 Å². The molecule has 0 bridgehead atoms. The molecule has 8 rings (SSSR count). The smallest absolute Gasteiger partial charge is 0.164 e. The van der Waals surface area contributed by atoms with Crippen molar-refractivity contribution in [3.63, 3.8) is 0 Å². The first-order valence-corrected chi connectivity index (χ1v) is 15.7. The molecule has 0 aliphatic heterocycles. The molecule has 0 atom stereocenters. The summed E-state index contributed by atoms with van der Waals surface area (Å²) < 4.78 is 0. The molecule has 4 heteroatoms. The molecule has 5 aromatic carbocycles. The van der Waals surface area contributed by atoms with E-state index in [4.69, 9.17) is 15.0 Å². The maximum Gasteiger partial charge on any atom is 0.164 e. The fourth-order valence-electron chi connectivity index (χ4n) is 6.44. The van der Waals surface area contributed by atoms with Gasteiger partial charge in [-0.2, -0.15) is 0 Å². The summed E-state index contributed by atoms with van der Waals surface area (Å²) in [7, 11) is 0. The van der Waals surface area contributed by atoms with E-state index < -0.39 is 0 Å². The molecule has 0 saturated heterocycles. The Morgan fingerprint density at radius 1 is 0.432 bits per heavy atom. The molecular weight excluding hydrogens is 555 g/mol. The number of aromatic nitrogens is 3. The molecule has 0 unspecified atom stereocenters. The molecule has 210 valence electrons. The third-order valence-electron chi connectivity index (χ3n) is 8.53. The quantitative estimate of drug-likeness (QED) is 0.202. The largest absolute Gasteiger partial charge is 0.208 e. The number of hydrogen-bond donors (Lipinski definition) is 0. The average molecular weight is 584 g/mol. The first kappa shape index (κ1) is 26.4. The minimum atomic E-state index is -0.215. The highest BCUT2D eigenvalue weighted by molar-refractivity contribution is 7.19. The first-order valence-electron chi connectivity index (χ1n) is 14.9. The van der Waals surface area contributed by atoms with Crippen molar-refractivity contribution < 1.29 is 0 Å². The van der Waals surface area contributed by atoms with Crippen molar-refractivity contribution in [3.05, 3.63) is 151 Å². The topological polar surface area (TPSA) is 38.7 Å². The molecule has 1 aliphatic rings. The van der Waals surface area contributed by atoms with Crippen LogP contribution in [0.15, 0.2) is 140 Å². The zero-order valence-corrected chi connectivity index (χ0v) is 25.3. The van der Waals surface area contributed by atoms with Gasteiger partial charge in [-0.15, -0.1) is 11.3 Å². The summed E-state index contributed by atoms with van der Waals surface area (Å²) >= 11 is 1.88. The molecule has 0 fully saturated rings. The summed E-state index contributed by atoms with van der Waals surface area (Å²) in [6, 6.07) is 48.6. The van der Waals surface area contributed by atoms with E-state index in [1.165, 1.54) is 43.1 Å². The second kappa shape index (κ2) is 10.5. The van der Waals surface area contributed by atoms with E-state index in [9.17, 15) is 0 Å². The van der Waals surface area contributed by atoms with Gasteiger partial charge in [0, 0.05) is 37.4 Å². The SMILES string of the molecule is CC1(C)c2cccc(-c3nc(-c4ccccc4)nc(-c4ccccc4)n3)c2-c2c(-c3ccccc3)sc(-c3ccccc3)c21. The minimum absolute atomic E-state index is 0.215. The van der Waals surface area contributed by atoms with Crippen molar-refractivity contribution in [2.45, 2.75) is 19.3 Å². The number of thiophene rings is 1. The zero-order chi connectivity index (χ0) is 29.7. The molecule has 7 aromatic rings. The highest BCUT2D eigenvalue weighted by atomic mass is 32.1. The lowest BCUT2D eigenvalue weighted by Crippen LogP contribution is -2.15.